The van der Waals surface area contributed by atoms with Crippen molar-refractivity contribution in [2.24, 2.45) is 0 Å². The summed E-state index contributed by atoms with van der Waals surface area (Å²) in [6.45, 7) is 1.48. The van der Waals surface area contributed by atoms with Gasteiger partial charge in [0.15, 0.2) is 17.7 Å². The molecule has 0 radical (unpaired) electrons. The van der Waals surface area contributed by atoms with Gasteiger partial charge in [0.25, 0.3) is 0 Å². The van der Waals surface area contributed by atoms with E-state index in [1.165, 1.54) is 6.92 Å². The normalized spacial score (nSPS) is 24.7. The molecule has 2 atom stereocenters. The van der Waals surface area contributed by atoms with Crippen LogP contribution in [-0.2, 0) is 9.59 Å². The van der Waals surface area contributed by atoms with Crippen molar-refractivity contribution in [3.05, 3.63) is 39.9 Å². The number of aliphatic hydroxyl groups excluding tert-OH is 2. The van der Waals surface area contributed by atoms with Crippen molar-refractivity contribution in [3.63, 3.8) is 0 Å². The van der Waals surface area contributed by atoms with Crippen LogP contribution in [-0.4, -0.2) is 34.0 Å². The standard InChI is InChI=1S/C13H11BrO4/c1-6-9(7-2-4-8(14)5-3-7)11(16)13(18)12(17)10(6)15/h2-5,12-13,17-18H,1H3/t12-,13+/m1/s1. The van der Waals surface area contributed by atoms with E-state index in [4.69, 9.17) is 0 Å². The molecular formula is C13H11BrO4. The van der Waals surface area contributed by atoms with Gasteiger partial charge < -0.3 is 10.2 Å². The summed E-state index contributed by atoms with van der Waals surface area (Å²) in [4.78, 5) is 23.6. The molecule has 1 aromatic rings. The smallest absolute Gasteiger partial charge is 0.195 e. The molecule has 0 heterocycles. The Morgan fingerprint density at radius 2 is 1.50 bits per heavy atom. The average molecular weight is 311 g/mol. The molecule has 0 bridgehead atoms. The Balaban J connectivity index is 2.57. The van der Waals surface area contributed by atoms with Gasteiger partial charge in [-0.15, -0.1) is 0 Å². The second-order valence-corrected chi connectivity index (χ2v) is 5.04. The number of hydrogen-bond acceptors (Lipinski definition) is 4. The molecule has 0 saturated heterocycles. The van der Waals surface area contributed by atoms with E-state index in [1.807, 2.05) is 0 Å². The Bertz CT molecular complexity index is 545. The monoisotopic (exact) mass is 310 g/mol. The Morgan fingerprint density at radius 3 is 2.06 bits per heavy atom. The lowest BCUT2D eigenvalue weighted by atomic mass is 9.83. The summed E-state index contributed by atoms with van der Waals surface area (Å²) in [6, 6.07) is 6.84. The molecule has 0 fully saturated rings. The molecule has 5 heteroatoms. The second kappa shape index (κ2) is 4.76. The minimum absolute atomic E-state index is 0.172. The van der Waals surface area contributed by atoms with Gasteiger partial charge >= 0.3 is 0 Å². The van der Waals surface area contributed by atoms with Crippen LogP contribution in [0.15, 0.2) is 34.3 Å². The first kappa shape index (κ1) is 13.1. The molecule has 18 heavy (non-hydrogen) atoms. The van der Waals surface area contributed by atoms with Gasteiger partial charge in [-0.2, -0.15) is 0 Å². The van der Waals surface area contributed by atoms with Crippen molar-refractivity contribution in [2.75, 3.05) is 0 Å². The number of halogens is 1. The van der Waals surface area contributed by atoms with E-state index < -0.39 is 23.8 Å². The van der Waals surface area contributed by atoms with Crippen molar-refractivity contribution >= 4 is 33.1 Å². The van der Waals surface area contributed by atoms with E-state index in [0.29, 0.717) is 5.56 Å². The van der Waals surface area contributed by atoms with Crippen molar-refractivity contribution in [1.29, 1.82) is 0 Å². The highest BCUT2D eigenvalue weighted by Gasteiger charge is 2.39. The van der Waals surface area contributed by atoms with Gasteiger partial charge in [-0.3, -0.25) is 9.59 Å². The largest absolute Gasteiger partial charge is 0.382 e. The summed E-state index contributed by atoms with van der Waals surface area (Å²) < 4.78 is 0.847. The van der Waals surface area contributed by atoms with Gasteiger partial charge in [0, 0.05) is 15.6 Å². The van der Waals surface area contributed by atoms with E-state index in [-0.39, 0.29) is 11.1 Å². The van der Waals surface area contributed by atoms with Crippen LogP contribution in [0.1, 0.15) is 12.5 Å². The highest BCUT2D eigenvalue weighted by Crippen LogP contribution is 2.28. The van der Waals surface area contributed by atoms with Gasteiger partial charge in [-0.05, 0) is 24.6 Å². The first-order valence-electron chi connectivity index (χ1n) is 5.35. The summed E-state index contributed by atoms with van der Waals surface area (Å²) >= 11 is 3.28. The highest BCUT2D eigenvalue weighted by molar-refractivity contribution is 9.10. The molecule has 1 aliphatic rings. The highest BCUT2D eigenvalue weighted by atomic mass is 79.9. The fraction of sp³-hybridized carbons (Fsp3) is 0.231. The SMILES string of the molecule is CC1=C(c2ccc(Br)cc2)C(=O)[C@H](O)[C@H](O)C1=O. The molecule has 0 aliphatic heterocycles. The van der Waals surface area contributed by atoms with Crippen LogP contribution in [0.3, 0.4) is 0 Å². The fourth-order valence-electron chi connectivity index (χ4n) is 1.94. The van der Waals surface area contributed by atoms with Crippen molar-refractivity contribution in [2.45, 2.75) is 19.1 Å². The van der Waals surface area contributed by atoms with Crippen LogP contribution < -0.4 is 0 Å². The lowest BCUT2D eigenvalue weighted by Crippen LogP contribution is -2.45. The Labute approximate surface area is 112 Å². The maximum atomic E-state index is 11.9. The summed E-state index contributed by atoms with van der Waals surface area (Å²) in [5.41, 5.74) is 0.908. The van der Waals surface area contributed by atoms with Crippen LogP contribution in [0.25, 0.3) is 5.57 Å². The van der Waals surface area contributed by atoms with Crippen molar-refractivity contribution in [1.82, 2.24) is 0 Å². The first-order chi connectivity index (χ1) is 8.43. The van der Waals surface area contributed by atoms with Gasteiger partial charge in [-0.1, -0.05) is 28.1 Å². The lowest BCUT2D eigenvalue weighted by molar-refractivity contribution is -0.139. The van der Waals surface area contributed by atoms with E-state index in [0.717, 1.165) is 4.47 Å². The third kappa shape index (κ3) is 2.05. The summed E-state index contributed by atoms with van der Waals surface area (Å²) in [7, 11) is 0. The van der Waals surface area contributed by atoms with Crippen LogP contribution >= 0.6 is 15.9 Å². The second-order valence-electron chi connectivity index (χ2n) is 4.13. The van der Waals surface area contributed by atoms with Gasteiger partial charge in [0.1, 0.15) is 6.10 Å². The maximum absolute atomic E-state index is 11.9. The molecule has 94 valence electrons. The summed E-state index contributed by atoms with van der Waals surface area (Å²) in [5.74, 6) is -1.23. The van der Waals surface area contributed by atoms with E-state index >= 15 is 0 Å². The average Bonchev–Trinajstić information content (AvgIpc) is 2.36. The molecule has 2 rings (SSSR count). The maximum Gasteiger partial charge on any atom is 0.195 e. The Kier molecular flexibility index (Phi) is 3.47. The molecule has 2 N–H and O–H groups in total. The topological polar surface area (TPSA) is 74.6 Å². The van der Waals surface area contributed by atoms with Crippen molar-refractivity contribution in [3.8, 4) is 0 Å². The minimum atomic E-state index is -1.68. The van der Waals surface area contributed by atoms with Gasteiger partial charge in [0.2, 0.25) is 0 Å². The van der Waals surface area contributed by atoms with Crippen LogP contribution in [0.5, 0.6) is 0 Å². The van der Waals surface area contributed by atoms with Gasteiger partial charge in [-0.25, -0.2) is 0 Å². The number of carbonyl (C=O) groups is 2. The number of carbonyl (C=O) groups excluding carboxylic acids is 2. The molecule has 0 aromatic heterocycles. The van der Waals surface area contributed by atoms with Crippen LogP contribution in [0.2, 0.25) is 0 Å². The number of benzene rings is 1. The molecule has 1 aromatic carbocycles. The Morgan fingerprint density at radius 1 is 1.00 bits per heavy atom. The molecular weight excluding hydrogens is 300 g/mol. The first-order valence-corrected chi connectivity index (χ1v) is 6.14. The molecule has 1 aliphatic carbocycles. The number of aliphatic hydroxyl groups is 2. The van der Waals surface area contributed by atoms with Crippen LogP contribution in [0.4, 0.5) is 0 Å². The predicted molar refractivity (Wildman–Crippen MR) is 68.8 cm³/mol. The Hall–Kier alpha value is -1.30. The molecule has 4 nitrogen and oxygen atoms in total. The lowest BCUT2D eigenvalue weighted by Gasteiger charge is -2.24. The molecule has 0 amide bonds. The third-order valence-electron chi connectivity index (χ3n) is 2.96. The summed E-state index contributed by atoms with van der Waals surface area (Å²) in [5, 5.41) is 19.0. The number of rotatable bonds is 1. The van der Waals surface area contributed by atoms with Crippen molar-refractivity contribution < 1.29 is 19.8 Å². The van der Waals surface area contributed by atoms with Gasteiger partial charge in [0.05, 0.1) is 0 Å². The number of Topliss-reactive ketones (excluding diaryl/α,β-unsaturated/α-hetero) is 2. The molecule has 0 saturated carbocycles. The van der Waals surface area contributed by atoms with E-state index in [1.54, 1.807) is 24.3 Å². The zero-order chi connectivity index (χ0) is 13.4. The zero-order valence-corrected chi connectivity index (χ0v) is 11.1. The van der Waals surface area contributed by atoms with Crippen LogP contribution in [0, 0.1) is 0 Å². The quantitative estimate of drug-likeness (QED) is 0.814. The predicted octanol–water partition coefficient (Wildman–Crippen LogP) is 1.10. The third-order valence-corrected chi connectivity index (χ3v) is 3.49. The molecule has 0 spiro atoms. The summed E-state index contributed by atoms with van der Waals surface area (Å²) in [6.07, 6.45) is -3.34. The molecule has 0 unspecified atom stereocenters. The fourth-order valence-corrected chi connectivity index (χ4v) is 2.20. The number of hydrogen-bond donors (Lipinski definition) is 2. The number of ketones is 2. The zero-order valence-electron chi connectivity index (χ0n) is 9.55. The minimum Gasteiger partial charge on any atom is -0.382 e. The van der Waals surface area contributed by atoms with E-state index in [9.17, 15) is 19.8 Å². The van der Waals surface area contributed by atoms with E-state index in [2.05, 4.69) is 15.9 Å².